The van der Waals surface area contributed by atoms with Gasteiger partial charge < -0.3 is 9.72 Å². The van der Waals surface area contributed by atoms with E-state index in [1.807, 2.05) is 0 Å². The average molecular weight is 203 g/mol. The Kier molecular flexibility index (Phi) is 2.25. The molecule has 2 aromatic rings. The Morgan fingerprint density at radius 3 is 2.87 bits per heavy atom. The SMILES string of the molecule is COc1cccc2cc(C=O)[nH]c(=O)c12. The molecule has 0 spiro atoms. The lowest BCUT2D eigenvalue weighted by Crippen LogP contribution is -2.09. The van der Waals surface area contributed by atoms with Crippen LogP contribution >= 0.6 is 0 Å². The van der Waals surface area contributed by atoms with E-state index in [0.29, 0.717) is 22.8 Å². The van der Waals surface area contributed by atoms with Crippen LogP contribution in [0.5, 0.6) is 5.75 Å². The molecule has 0 saturated heterocycles. The third kappa shape index (κ3) is 1.50. The van der Waals surface area contributed by atoms with Crippen molar-refractivity contribution in [1.82, 2.24) is 4.98 Å². The lowest BCUT2D eigenvalue weighted by molar-refractivity contribution is 0.111. The van der Waals surface area contributed by atoms with E-state index in [2.05, 4.69) is 4.98 Å². The summed E-state index contributed by atoms with van der Waals surface area (Å²) in [5.41, 5.74) is -0.0483. The van der Waals surface area contributed by atoms with Gasteiger partial charge in [0.15, 0.2) is 6.29 Å². The van der Waals surface area contributed by atoms with Gasteiger partial charge in [0, 0.05) is 0 Å². The smallest absolute Gasteiger partial charge is 0.260 e. The normalized spacial score (nSPS) is 10.2. The summed E-state index contributed by atoms with van der Waals surface area (Å²) in [6, 6.07) is 6.86. The number of carbonyl (C=O) groups is 1. The van der Waals surface area contributed by atoms with Gasteiger partial charge in [-0.1, -0.05) is 12.1 Å². The quantitative estimate of drug-likeness (QED) is 0.749. The topological polar surface area (TPSA) is 59.2 Å². The van der Waals surface area contributed by atoms with Gasteiger partial charge in [0.1, 0.15) is 5.75 Å². The Bertz CT molecular complexity index is 572. The molecule has 15 heavy (non-hydrogen) atoms. The first-order valence-corrected chi connectivity index (χ1v) is 4.41. The van der Waals surface area contributed by atoms with E-state index in [9.17, 15) is 9.59 Å². The van der Waals surface area contributed by atoms with E-state index in [0.717, 1.165) is 0 Å². The molecule has 1 aromatic carbocycles. The van der Waals surface area contributed by atoms with Crippen LogP contribution in [0.25, 0.3) is 10.8 Å². The first-order chi connectivity index (χ1) is 7.26. The van der Waals surface area contributed by atoms with Gasteiger partial charge in [-0.25, -0.2) is 0 Å². The van der Waals surface area contributed by atoms with Crippen LogP contribution in [-0.2, 0) is 0 Å². The first kappa shape index (κ1) is 9.45. The molecule has 0 aliphatic carbocycles. The third-order valence-corrected chi connectivity index (χ3v) is 2.20. The van der Waals surface area contributed by atoms with Crippen molar-refractivity contribution in [1.29, 1.82) is 0 Å². The molecule has 0 fully saturated rings. The number of aldehydes is 1. The van der Waals surface area contributed by atoms with Crippen LogP contribution in [-0.4, -0.2) is 18.4 Å². The van der Waals surface area contributed by atoms with Crippen LogP contribution in [0, 0.1) is 0 Å². The average Bonchev–Trinajstić information content (AvgIpc) is 2.27. The van der Waals surface area contributed by atoms with Crippen molar-refractivity contribution in [2.24, 2.45) is 0 Å². The Morgan fingerprint density at radius 1 is 1.40 bits per heavy atom. The number of nitrogens with one attached hydrogen (secondary N) is 1. The van der Waals surface area contributed by atoms with E-state index in [-0.39, 0.29) is 11.3 Å². The molecule has 1 heterocycles. The minimum atomic E-state index is -0.313. The molecule has 0 bridgehead atoms. The van der Waals surface area contributed by atoms with E-state index < -0.39 is 0 Å². The summed E-state index contributed by atoms with van der Waals surface area (Å²) >= 11 is 0. The molecule has 1 N–H and O–H groups in total. The molecule has 0 aliphatic rings. The van der Waals surface area contributed by atoms with E-state index in [1.54, 1.807) is 24.3 Å². The van der Waals surface area contributed by atoms with Gasteiger partial charge in [-0.3, -0.25) is 9.59 Å². The number of pyridine rings is 1. The molecule has 0 aliphatic heterocycles. The highest BCUT2D eigenvalue weighted by atomic mass is 16.5. The summed E-state index contributed by atoms with van der Waals surface area (Å²) in [7, 11) is 1.50. The second-order valence-corrected chi connectivity index (χ2v) is 3.10. The molecule has 0 unspecified atom stereocenters. The van der Waals surface area contributed by atoms with Crippen LogP contribution in [0.15, 0.2) is 29.1 Å². The fraction of sp³-hybridized carbons (Fsp3) is 0.0909. The molecule has 0 amide bonds. The van der Waals surface area contributed by atoms with Crippen LogP contribution in [0.1, 0.15) is 10.5 Å². The van der Waals surface area contributed by atoms with Crippen LogP contribution in [0.2, 0.25) is 0 Å². The largest absolute Gasteiger partial charge is 0.496 e. The molecule has 76 valence electrons. The lowest BCUT2D eigenvalue weighted by Gasteiger charge is -2.04. The minimum Gasteiger partial charge on any atom is -0.496 e. The molecular weight excluding hydrogens is 194 g/mol. The molecule has 0 saturated carbocycles. The molecule has 0 atom stereocenters. The number of aromatic nitrogens is 1. The Hall–Kier alpha value is -2.10. The molecule has 4 heteroatoms. The van der Waals surface area contributed by atoms with Crippen molar-refractivity contribution in [3.05, 3.63) is 40.3 Å². The maximum absolute atomic E-state index is 11.6. The van der Waals surface area contributed by atoms with Gasteiger partial charge in [-0.15, -0.1) is 0 Å². The van der Waals surface area contributed by atoms with Gasteiger partial charge in [0.25, 0.3) is 5.56 Å². The summed E-state index contributed by atoms with van der Waals surface area (Å²) < 4.78 is 5.07. The van der Waals surface area contributed by atoms with Crippen LogP contribution in [0.3, 0.4) is 0 Å². The van der Waals surface area contributed by atoms with Crippen molar-refractivity contribution in [2.45, 2.75) is 0 Å². The maximum Gasteiger partial charge on any atom is 0.260 e. The van der Waals surface area contributed by atoms with Gasteiger partial charge in [-0.05, 0) is 17.5 Å². The minimum absolute atomic E-state index is 0.265. The first-order valence-electron chi connectivity index (χ1n) is 4.41. The number of rotatable bonds is 2. The number of hydrogen-bond acceptors (Lipinski definition) is 3. The van der Waals surface area contributed by atoms with E-state index >= 15 is 0 Å². The maximum atomic E-state index is 11.6. The Labute approximate surface area is 85.5 Å². The molecule has 2 rings (SSSR count). The second kappa shape index (κ2) is 3.57. The van der Waals surface area contributed by atoms with Crippen LogP contribution < -0.4 is 10.3 Å². The zero-order chi connectivity index (χ0) is 10.8. The number of aromatic amines is 1. The fourth-order valence-electron chi connectivity index (χ4n) is 1.54. The number of fused-ring (bicyclic) bond motifs is 1. The molecule has 4 nitrogen and oxygen atoms in total. The summed E-state index contributed by atoms with van der Waals surface area (Å²) in [5.74, 6) is 0.506. The molecular formula is C11H9NO3. The number of H-pyrrole nitrogens is 1. The van der Waals surface area contributed by atoms with Gasteiger partial charge in [0.05, 0.1) is 18.2 Å². The van der Waals surface area contributed by atoms with Crippen molar-refractivity contribution in [3.63, 3.8) is 0 Å². The number of hydrogen-bond donors (Lipinski definition) is 1. The highest BCUT2D eigenvalue weighted by molar-refractivity contribution is 5.90. The highest BCUT2D eigenvalue weighted by Crippen LogP contribution is 2.21. The monoisotopic (exact) mass is 203 g/mol. The standard InChI is InChI=1S/C11H9NO3/c1-15-9-4-2-3-7-5-8(6-13)12-11(14)10(7)9/h2-6H,1H3,(H,12,14). The van der Waals surface area contributed by atoms with Gasteiger partial charge >= 0.3 is 0 Å². The third-order valence-electron chi connectivity index (χ3n) is 2.20. The Balaban J connectivity index is 2.90. The lowest BCUT2D eigenvalue weighted by atomic mass is 10.1. The number of benzene rings is 1. The summed E-state index contributed by atoms with van der Waals surface area (Å²) in [4.78, 5) is 24.7. The van der Waals surface area contributed by atoms with Crippen molar-refractivity contribution >= 4 is 17.1 Å². The van der Waals surface area contributed by atoms with Crippen LogP contribution in [0.4, 0.5) is 0 Å². The van der Waals surface area contributed by atoms with E-state index in [1.165, 1.54) is 7.11 Å². The second-order valence-electron chi connectivity index (χ2n) is 3.10. The van der Waals surface area contributed by atoms with Crippen molar-refractivity contribution < 1.29 is 9.53 Å². The zero-order valence-electron chi connectivity index (χ0n) is 8.11. The predicted molar refractivity (Wildman–Crippen MR) is 56.5 cm³/mol. The summed E-state index contributed by atoms with van der Waals surface area (Å²) in [6.07, 6.45) is 0.611. The summed E-state index contributed by atoms with van der Waals surface area (Å²) in [5, 5.41) is 1.16. The number of carbonyl (C=O) groups excluding carboxylic acids is 1. The summed E-state index contributed by atoms with van der Waals surface area (Å²) in [6.45, 7) is 0. The van der Waals surface area contributed by atoms with Crippen molar-refractivity contribution in [2.75, 3.05) is 7.11 Å². The van der Waals surface area contributed by atoms with Gasteiger partial charge in [0.2, 0.25) is 0 Å². The zero-order valence-corrected chi connectivity index (χ0v) is 8.11. The Morgan fingerprint density at radius 2 is 2.20 bits per heavy atom. The molecule has 1 aromatic heterocycles. The fourth-order valence-corrected chi connectivity index (χ4v) is 1.54. The molecule has 0 radical (unpaired) electrons. The van der Waals surface area contributed by atoms with E-state index in [4.69, 9.17) is 4.74 Å². The predicted octanol–water partition coefficient (Wildman–Crippen LogP) is 1.35. The van der Waals surface area contributed by atoms with Crippen molar-refractivity contribution in [3.8, 4) is 5.75 Å². The number of methoxy groups -OCH3 is 1. The number of ether oxygens (including phenoxy) is 1. The van der Waals surface area contributed by atoms with Gasteiger partial charge in [-0.2, -0.15) is 0 Å². The highest BCUT2D eigenvalue weighted by Gasteiger charge is 2.06.